The third kappa shape index (κ3) is 6.21. The topological polar surface area (TPSA) is 50.1 Å². The number of thiocyanates is 1. The number of nitriles is 1. The van der Waals surface area contributed by atoms with Crippen molar-refractivity contribution in [2.45, 2.75) is 123 Å². The average Bonchev–Trinajstić information content (AvgIpc) is 3.34. The van der Waals surface area contributed by atoms with E-state index < -0.39 is 0 Å². The van der Waals surface area contributed by atoms with Gasteiger partial charge < -0.3 is 4.74 Å². The maximum Gasteiger partial charge on any atom is 0.338 e. The molecule has 5 heteroatoms. The molecule has 0 radical (unpaired) electrons. The third-order valence-corrected chi connectivity index (χ3v) is 16.0. The van der Waals surface area contributed by atoms with Crippen LogP contribution >= 0.6 is 34.4 Å². The van der Waals surface area contributed by atoms with Crippen LogP contribution in [-0.2, 0) is 4.74 Å². The van der Waals surface area contributed by atoms with Gasteiger partial charge in [0, 0.05) is 8.32 Å². The van der Waals surface area contributed by atoms with Crippen molar-refractivity contribution in [1.29, 1.82) is 5.26 Å². The highest BCUT2D eigenvalue weighted by atomic mass is 127. The molecule has 2 aromatic rings. The largest absolute Gasteiger partial charge is 0.459 e. The minimum atomic E-state index is -0.178. The average molecular weight is 752 g/mol. The Bertz CT molecular complexity index is 1430. The van der Waals surface area contributed by atoms with Crippen LogP contribution in [0.25, 0.3) is 11.1 Å². The first-order valence-electron chi connectivity index (χ1n) is 18.1. The van der Waals surface area contributed by atoms with Crippen molar-refractivity contribution in [3.63, 3.8) is 0 Å². The quantitative estimate of drug-likeness (QED) is 0.145. The predicted molar refractivity (Wildman–Crippen MR) is 199 cm³/mol. The lowest BCUT2D eigenvalue weighted by Gasteiger charge is -2.62. The number of benzene rings is 2. The fourth-order valence-electron chi connectivity index (χ4n) is 11.3. The van der Waals surface area contributed by atoms with Crippen LogP contribution in [0.15, 0.2) is 48.5 Å². The van der Waals surface area contributed by atoms with Crippen LogP contribution in [0.2, 0.25) is 0 Å². The maximum atomic E-state index is 13.4. The first-order chi connectivity index (χ1) is 22.0. The van der Waals surface area contributed by atoms with Crippen molar-refractivity contribution in [2.75, 3.05) is 0 Å². The van der Waals surface area contributed by atoms with Crippen LogP contribution in [0, 0.1) is 60.6 Å². The molecule has 0 amide bonds. The normalized spacial score (nSPS) is 35.8. The van der Waals surface area contributed by atoms with E-state index in [-0.39, 0.29) is 22.2 Å². The molecule has 2 aromatic carbocycles. The van der Waals surface area contributed by atoms with E-state index in [1.807, 2.05) is 18.2 Å². The molecular formula is C41H54INO2S. The van der Waals surface area contributed by atoms with E-state index in [2.05, 4.69) is 92.9 Å². The lowest BCUT2D eigenvalue weighted by Crippen LogP contribution is -2.57. The minimum absolute atomic E-state index is 0.00999. The Morgan fingerprint density at radius 3 is 2.46 bits per heavy atom. The van der Waals surface area contributed by atoms with E-state index in [4.69, 9.17) is 4.74 Å². The lowest BCUT2D eigenvalue weighted by atomic mass is 9.44. The Morgan fingerprint density at radius 2 is 1.72 bits per heavy atom. The molecule has 6 rings (SSSR count). The van der Waals surface area contributed by atoms with E-state index in [1.54, 1.807) is 11.8 Å². The van der Waals surface area contributed by atoms with Gasteiger partial charge in [-0.15, -0.1) is 0 Å². The van der Waals surface area contributed by atoms with E-state index in [0.717, 1.165) is 54.1 Å². The number of carbonyl (C=O) groups excluding carboxylic acids is 1. The summed E-state index contributed by atoms with van der Waals surface area (Å²) in [5, 5.41) is 12.7. The molecule has 0 aliphatic heterocycles. The summed E-state index contributed by atoms with van der Waals surface area (Å²) in [5.41, 5.74) is 3.40. The van der Waals surface area contributed by atoms with E-state index in [0.29, 0.717) is 22.8 Å². The van der Waals surface area contributed by atoms with Crippen LogP contribution in [0.3, 0.4) is 0 Å². The first-order valence-corrected chi connectivity index (χ1v) is 20.0. The molecule has 0 heterocycles. The van der Waals surface area contributed by atoms with Crippen molar-refractivity contribution in [3.8, 4) is 16.5 Å². The molecule has 248 valence electrons. The molecule has 1 unspecified atom stereocenters. The van der Waals surface area contributed by atoms with Gasteiger partial charge in [-0.1, -0.05) is 71.7 Å². The molecule has 0 N–H and O–H groups in total. The number of nitrogens with zero attached hydrogens (tertiary/aromatic N) is 1. The summed E-state index contributed by atoms with van der Waals surface area (Å²) in [6, 6.07) is 16.4. The van der Waals surface area contributed by atoms with E-state index in [1.165, 1.54) is 61.4 Å². The zero-order chi connectivity index (χ0) is 32.7. The zero-order valence-electron chi connectivity index (χ0n) is 28.7. The monoisotopic (exact) mass is 751 g/mol. The maximum absolute atomic E-state index is 13.4. The highest BCUT2D eigenvalue weighted by Gasteiger charge is 2.66. The third-order valence-electron chi connectivity index (χ3n) is 13.8. The smallest absolute Gasteiger partial charge is 0.338 e. The van der Waals surface area contributed by atoms with Crippen LogP contribution in [-0.4, -0.2) is 16.8 Å². The van der Waals surface area contributed by atoms with E-state index in [9.17, 15) is 10.1 Å². The summed E-state index contributed by atoms with van der Waals surface area (Å²) in [6.07, 6.45) is 14.6. The molecule has 0 bridgehead atoms. The van der Waals surface area contributed by atoms with Gasteiger partial charge in [0.2, 0.25) is 0 Å². The van der Waals surface area contributed by atoms with Crippen molar-refractivity contribution < 1.29 is 9.53 Å². The number of hydrogen-bond donors (Lipinski definition) is 0. The van der Waals surface area contributed by atoms with Gasteiger partial charge in [-0.3, -0.25) is 0 Å². The van der Waals surface area contributed by atoms with E-state index >= 15 is 0 Å². The first kappa shape index (κ1) is 34.3. The van der Waals surface area contributed by atoms with Gasteiger partial charge in [0.15, 0.2) is 0 Å². The van der Waals surface area contributed by atoms with Gasteiger partial charge >= 0.3 is 5.97 Å². The Hall–Kier alpha value is -1.52. The molecule has 0 saturated heterocycles. The summed E-state index contributed by atoms with van der Waals surface area (Å²) >= 11 is 3.98. The molecule has 4 aliphatic rings. The van der Waals surface area contributed by atoms with Crippen LogP contribution in [0.4, 0.5) is 0 Å². The van der Waals surface area contributed by atoms with Gasteiger partial charge in [0.05, 0.1) is 5.56 Å². The second-order valence-corrected chi connectivity index (χ2v) is 18.7. The highest BCUT2D eigenvalue weighted by Crippen LogP contribution is 2.72. The molecular weight excluding hydrogens is 697 g/mol. The van der Waals surface area contributed by atoms with Crippen molar-refractivity contribution >= 4 is 40.3 Å². The van der Waals surface area contributed by atoms with Gasteiger partial charge in [-0.2, -0.15) is 5.26 Å². The zero-order valence-corrected chi connectivity index (χ0v) is 31.7. The Kier molecular flexibility index (Phi) is 10.3. The lowest BCUT2D eigenvalue weighted by molar-refractivity contribution is -0.127. The number of halogens is 1. The highest BCUT2D eigenvalue weighted by molar-refractivity contribution is 14.1. The second kappa shape index (κ2) is 13.8. The van der Waals surface area contributed by atoms with Crippen LogP contribution < -0.4 is 0 Å². The van der Waals surface area contributed by atoms with Gasteiger partial charge in [0.1, 0.15) is 11.5 Å². The van der Waals surface area contributed by atoms with Gasteiger partial charge in [-0.25, -0.2) is 4.79 Å². The number of fused-ring (bicyclic) bond motifs is 5. The fourth-order valence-corrected chi connectivity index (χ4v) is 12.8. The summed E-state index contributed by atoms with van der Waals surface area (Å²) < 4.78 is 7.55. The number of ether oxygens (including phenoxy) is 1. The Balaban J connectivity index is 1.12. The number of hydrogen-bond acceptors (Lipinski definition) is 4. The predicted octanol–water partition coefficient (Wildman–Crippen LogP) is 11.9. The number of rotatable bonds is 9. The van der Waals surface area contributed by atoms with Gasteiger partial charge in [-0.05, 0) is 180 Å². The molecule has 3 nitrogen and oxygen atoms in total. The Labute approximate surface area is 296 Å². The molecule has 0 aromatic heterocycles. The van der Waals surface area contributed by atoms with Crippen molar-refractivity contribution in [3.05, 3.63) is 57.7 Å². The summed E-state index contributed by atoms with van der Waals surface area (Å²) in [7, 11) is 0. The van der Waals surface area contributed by atoms with Crippen LogP contribution in [0.1, 0.15) is 122 Å². The fraction of sp³-hybridized carbons (Fsp3) is 0.659. The molecule has 0 spiro atoms. The molecule has 4 fully saturated rings. The molecule has 46 heavy (non-hydrogen) atoms. The summed E-state index contributed by atoms with van der Waals surface area (Å²) in [6.45, 7) is 12.3. The SMILES string of the molecule is CC(C)CCC[C@@H](C)[C@@]1(SC#N)CC[C@H]2[C@@H]3CCC4C[C@H](OC(=O)c5cccc(-c6ccc(I)cc6)c5)CC[C@]4(C)[C@H]3CC[C@@]21C. The minimum Gasteiger partial charge on any atom is -0.459 e. The van der Waals surface area contributed by atoms with Crippen LogP contribution in [0.5, 0.6) is 0 Å². The number of esters is 1. The van der Waals surface area contributed by atoms with Crippen molar-refractivity contribution in [1.82, 2.24) is 0 Å². The number of thioether (sulfide) groups is 1. The summed E-state index contributed by atoms with van der Waals surface area (Å²) in [5.74, 6) is 4.03. The van der Waals surface area contributed by atoms with Gasteiger partial charge in [0.25, 0.3) is 0 Å². The second-order valence-electron chi connectivity index (χ2n) is 16.3. The summed E-state index contributed by atoms with van der Waals surface area (Å²) in [4.78, 5) is 13.4. The molecule has 9 atom stereocenters. The Morgan fingerprint density at radius 1 is 0.957 bits per heavy atom. The molecule has 4 saturated carbocycles. The van der Waals surface area contributed by atoms with Crippen molar-refractivity contribution in [2.24, 2.45) is 46.3 Å². The standard InChI is InChI=1S/C41H54INO2S/c1-27(2)8-6-9-28(3)41(46-26-43)23-20-37-35-17-14-32-25-34(18-21-39(32,4)36(35)19-22-40(37,41)5)45-38(44)31-11-7-10-30(24-31)29-12-15-33(42)16-13-29/h7,10-13,15-16,24,27-28,32,34-37H,6,8-9,14,17-23,25H2,1-5H3/t28-,32?,34-,35-,36+,37+,39+,40+,41+/m1/s1. The number of carbonyl (C=O) groups is 1. The molecule has 4 aliphatic carbocycles.